The zero-order valence-electron chi connectivity index (χ0n) is 15.6. The van der Waals surface area contributed by atoms with Crippen molar-refractivity contribution in [1.29, 1.82) is 0 Å². The van der Waals surface area contributed by atoms with Crippen LogP contribution in [0.25, 0.3) is 0 Å². The van der Waals surface area contributed by atoms with Crippen molar-refractivity contribution < 1.29 is 28.6 Å². The molecule has 0 saturated carbocycles. The van der Waals surface area contributed by atoms with Gasteiger partial charge in [-0.2, -0.15) is 4.90 Å². The molecule has 25 heavy (non-hydrogen) atoms. The molecule has 0 aromatic carbocycles. The predicted molar refractivity (Wildman–Crippen MR) is 90.5 cm³/mol. The molecule has 138 valence electrons. The number of carbonyl (C=O) groups excluding carboxylic acids is 3. The summed E-state index contributed by atoms with van der Waals surface area (Å²) in [4.78, 5) is 41.3. The normalized spacial score (nSPS) is 11.5. The van der Waals surface area contributed by atoms with Crippen molar-refractivity contribution in [2.45, 2.75) is 52.7 Å². The van der Waals surface area contributed by atoms with E-state index in [0.29, 0.717) is 4.90 Å². The van der Waals surface area contributed by atoms with Crippen LogP contribution >= 0.6 is 0 Å². The Morgan fingerprint density at radius 3 is 1.80 bits per heavy atom. The first kappa shape index (κ1) is 20.4. The summed E-state index contributed by atoms with van der Waals surface area (Å²) in [7, 11) is 1.20. The lowest BCUT2D eigenvalue weighted by Crippen LogP contribution is -2.44. The van der Waals surface area contributed by atoms with Gasteiger partial charge in [0.2, 0.25) is 0 Å². The molecule has 0 unspecified atom stereocenters. The van der Waals surface area contributed by atoms with Crippen LogP contribution in [-0.2, 0) is 14.2 Å². The number of ether oxygens (including phenoxy) is 3. The summed E-state index contributed by atoms with van der Waals surface area (Å²) in [5.41, 5.74) is -1.73. The predicted octanol–water partition coefficient (Wildman–Crippen LogP) is 3.54. The van der Waals surface area contributed by atoms with E-state index in [9.17, 15) is 14.4 Å². The maximum atomic E-state index is 12.5. The van der Waals surface area contributed by atoms with Crippen molar-refractivity contribution in [2.75, 3.05) is 12.0 Å². The number of hydrogen-bond acceptors (Lipinski definition) is 7. The van der Waals surface area contributed by atoms with Crippen LogP contribution in [0.15, 0.2) is 18.2 Å². The van der Waals surface area contributed by atoms with Crippen LogP contribution < -0.4 is 4.90 Å². The van der Waals surface area contributed by atoms with Crippen LogP contribution in [0.3, 0.4) is 0 Å². The van der Waals surface area contributed by atoms with E-state index in [4.69, 9.17) is 9.47 Å². The molecule has 1 aromatic heterocycles. The molecule has 1 aromatic rings. The van der Waals surface area contributed by atoms with Gasteiger partial charge in [-0.25, -0.2) is 19.4 Å². The maximum Gasteiger partial charge on any atom is 0.425 e. The van der Waals surface area contributed by atoms with Gasteiger partial charge in [-0.05, 0) is 53.7 Å². The average Bonchev–Trinajstić information content (AvgIpc) is 2.43. The van der Waals surface area contributed by atoms with Crippen molar-refractivity contribution in [3.05, 3.63) is 23.9 Å². The molecule has 2 amide bonds. The van der Waals surface area contributed by atoms with Crippen molar-refractivity contribution in [2.24, 2.45) is 0 Å². The molecule has 0 bridgehead atoms. The highest BCUT2D eigenvalue weighted by molar-refractivity contribution is 6.09. The minimum absolute atomic E-state index is 0.0582. The number of aromatic nitrogens is 1. The fraction of sp³-hybridized carbons (Fsp3) is 0.529. The third-order valence-corrected chi connectivity index (χ3v) is 2.51. The number of esters is 1. The van der Waals surface area contributed by atoms with Gasteiger partial charge < -0.3 is 14.2 Å². The second-order valence-corrected chi connectivity index (χ2v) is 7.17. The molecule has 1 heterocycles. The monoisotopic (exact) mass is 352 g/mol. The smallest absolute Gasteiger partial charge is 0.425 e. The van der Waals surface area contributed by atoms with E-state index >= 15 is 0 Å². The Labute approximate surface area is 147 Å². The van der Waals surface area contributed by atoms with Gasteiger partial charge in [0.15, 0.2) is 5.69 Å². The lowest BCUT2D eigenvalue weighted by Gasteiger charge is -2.28. The second kappa shape index (κ2) is 7.50. The molecule has 0 aliphatic heterocycles. The van der Waals surface area contributed by atoms with E-state index in [2.05, 4.69) is 9.72 Å². The second-order valence-electron chi connectivity index (χ2n) is 7.17. The maximum absolute atomic E-state index is 12.5. The number of imide groups is 1. The summed E-state index contributed by atoms with van der Waals surface area (Å²) in [6.45, 7) is 9.98. The number of amides is 2. The van der Waals surface area contributed by atoms with E-state index in [0.717, 1.165) is 0 Å². The summed E-state index contributed by atoms with van der Waals surface area (Å²) in [6.07, 6.45) is -1.92. The quantitative estimate of drug-likeness (QED) is 0.593. The molecule has 8 heteroatoms. The van der Waals surface area contributed by atoms with Crippen LogP contribution in [0, 0.1) is 0 Å². The first-order valence-electron chi connectivity index (χ1n) is 7.65. The van der Waals surface area contributed by atoms with Crippen molar-refractivity contribution >= 4 is 24.0 Å². The Balaban J connectivity index is 3.29. The molecule has 1 rings (SSSR count). The molecule has 0 fully saturated rings. The first-order valence-corrected chi connectivity index (χ1v) is 7.65. The van der Waals surface area contributed by atoms with Crippen LogP contribution in [0.1, 0.15) is 52.0 Å². The van der Waals surface area contributed by atoms with Gasteiger partial charge in [-0.15, -0.1) is 0 Å². The largest absolute Gasteiger partial charge is 0.464 e. The number of anilines is 1. The minimum Gasteiger partial charge on any atom is -0.464 e. The van der Waals surface area contributed by atoms with E-state index < -0.39 is 29.4 Å². The fourth-order valence-electron chi connectivity index (χ4n) is 1.64. The third kappa shape index (κ3) is 6.40. The Morgan fingerprint density at radius 2 is 1.40 bits per heavy atom. The molecule has 0 saturated heterocycles. The summed E-state index contributed by atoms with van der Waals surface area (Å²) >= 11 is 0. The Bertz CT molecular complexity index is 630. The van der Waals surface area contributed by atoms with Crippen molar-refractivity contribution in [3.8, 4) is 0 Å². The van der Waals surface area contributed by atoms with Gasteiger partial charge in [-0.1, -0.05) is 6.07 Å². The summed E-state index contributed by atoms with van der Waals surface area (Å²) < 4.78 is 15.1. The van der Waals surface area contributed by atoms with Gasteiger partial charge >= 0.3 is 18.2 Å². The SMILES string of the molecule is COC(=O)c1cccc(N(C(=O)OC(C)(C)C)C(=O)OC(C)(C)C)n1. The fourth-order valence-corrected chi connectivity index (χ4v) is 1.64. The van der Waals surface area contributed by atoms with Crippen LogP contribution in [0.4, 0.5) is 15.4 Å². The zero-order chi connectivity index (χ0) is 19.4. The van der Waals surface area contributed by atoms with Crippen molar-refractivity contribution in [3.63, 3.8) is 0 Å². The van der Waals surface area contributed by atoms with Gasteiger partial charge in [0.1, 0.15) is 17.0 Å². The minimum atomic E-state index is -0.962. The van der Waals surface area contributed by atoms with E-state index in [1.54, 1.807) is 41.5 Å². The van der Waals surface area contributed by atoms with Gasteiger partial charge in [0.25, 0.3) is 0 Å². The Hall–Kier alpha value is -2.64. The molecular weight excluding hydrogens is 328 g/mol. The van der Waals surface area contributed by atoms with Crippen LogP contribution in [0.5, 0.6) is 0 Å². The topological polar surface area (TPSA) is 95.0 Å². The lowest BCUT2D eigenvalue weighted by atomic mass is 10.2. The Kier molecular flexibility index (Phi) is 6.12. The van der Waals surface area contributed by atoms with Crippen LogP contribution in [-0.4, -0.2) is 41.5 Å². The molecular formula is C17H24N2O6. The lowest BCUT2D eigenvalue weighted by molar-refractivity contribution is 0.0426. The van der Waals surface area contributed by atoms with E-state index in [-0.39, 0.29) is 11.5 Å². The number of rotatable bonds is 2. The highest BCUT2D eigenvalue weighted by Gasteiger charge is 2.33. The number of pyridine rings is 1. The summed E-state index contributed by atoms with van der Waals surface area (Å²) in [6, 6.07) is 4.26. The van der Waals surface area contributed by atoms with Crippen molar-refractivity contribution in [1.82, 2.24) is 4.98 Å². The Morgan fingerprint density at radius 1 is 0.920 bits per heavy atom. The first-order chi connectivity index (χ1) is 11.3. The zero-order valence-corrected chi connectivity index (χ0v) is 15.6. The van der Waals surface area contributed by atoms with Gasteiger partial charge in [0, 0.05) is 0 Å². The number of carbonyl (C=O) groups is 3. The summed E-state index contributed by atoms with van der Waals surface area (Å²) in [5.74, 6) is -0.804. The molecule has 0 spiro atoms. The molecule has 0 aliphatic carbocycles. The number of methoxy groups -OCH3 is 1. The molecule has 0 atom stereocenters. The highest BCUT2D eigenvalue weighted by Crippen LogP contribution is 2.20. The standard InChI is InChI=1S/C17H24N2O6/c1-16(2,3)24-14(21)19(15(22)25-17(4,5)6)12-10-8-9-11(18-12)13(20)23-7/h8-10H,1-7H3. The van der Waals surface area contributed by atoms with Gasteiger partial charge in [0.05, 0.1) is 7.11 Å². The number of hydrogen-bond donors (Lipinski definition) is 0. The van der Waals surface area contributed by atoms with Gasteiger partial charge in [-0.3, -0.25) is 0 Å². The third-order valence-electron chi connectivity index (χ3n) is 2.51. The van der Waals surface area contributed by atoms with E-state index in [1.807, 2.05) is 0 Å². The molecule has 0 aliphatic rings. The average molecular weight is 352 g/mol. The number of nitrogens with zero attached hydrogens (tertiary/aromatic N) is 2. The molecule has 0 N–H and O–H groups in total. The molecule has 8 nitrogen and oxygen atoms in total. The highest BCUT2D eigenvalue weighted by atomic mass is 16.6. The van der Waals surface area contributed by atoms with E-state index in [1.165, 1.54) is 25.3 Å². The molecule has 0 radical (unpaired) electrons. The summed E-state index contributed by atoms with van der Waals surface area (Å²) in [5, 5.41) is 0. The van der Waals surface area contributed by atoms with Crippen LogP contribution in [0.2, 0.25) is 0 Å².